The topological polar surface area (TPSA) is 44.1 Å². The molecule has 2 aliphatic rings. The average molecular weight is 284 g/mol. The van der Waals surface area contributed by atoms with Crippen LogP contribution in [0.25, 0.3) is 10.9 Å². The van der Waals surface area contributed by atoms with Crippen LogP contribution in [0.4, 0.5) is 0 Å². The molecule has 0 bridgehead atoms. The minimum absolute atomic E-state index is 0.00314. The number of ether oxygens (including phenoxy) is 1. The summed E-state index contributed by atoms with van der Waals surface area (Å²) in [6.07, 6.45) is 5.15. The van der Waals surface area contributed by atoms with E-state index < -0.39 is 0 Å². The maximum Gasteiger partial charge on any atom is 0.186 e. The number of carbonyl (C=O) groups excluding carboxylic acids is 1. The van der Waals surface area contributed by atoms with Crippen LogP contribution in [0.2, 0.25) is 0 Å². The molecule has 1 spiro atoms. The molecule has 1 aliphatic heterocycles. The molecular weight excluding hydrogens is 264 g/mol. The average Bonchev–Trinajstić information content (AvgIpc) is 2.83. The van der Waals surface area contributed by atoms with E-state index in [1.54, 1.807) is 4.68 Å². The van der Waals surface area contributed by atoms with Gasteiger partial charge >= 0.3 is 0 Å². The van der Waals surface area contributed by atoms with E-state index in [2.05, 4.69) is 5.10 Å². The predicted molar refractivity (Wildman–Crippen MR) is 80.3 cm³/mol. The number of Topliss-reactive ketones (excluding diaryl/α,β-unsaturated/α-hetero) is 1. The summed E-state index contributed by atoms with van der Waals surface area (Å²) >= 11 is 0. The van der Waals surface area contributed by atoms with Crippen LogP contribution in [0.3, 0.4) is 0 Å². The standard InChI is InChI=1S/C17H20N2O2/c1-19-14-6-3-2-5-13(14)15(18-19)16(20)12-7-10-21-17(11-12)8-4-9-17/h2-3,5-6,12H,4,7-11H2,1H3. The molecule has 4 rings (SSSR count). The second-order valence-corrected chi connectivity index (χ2v) is 6.43. The Bertz CT molecular complexity index is 700. The highest BCUT2D eigenvalue weighted by atomic mass is 16.5. The normalized spacial score (nSPS) is 24.1. The number of aromatic nitrogens is 2. The fourth-order valence-electron chi connectivity index (χ4n) is 3.76. The predicted octanol–water partition coefficient (Wildman–Crippen LogP) is 3.11. The third-order valence-electron chi connectivity index (χ3n) is 5.12. The zero-order chi connectivity index (χ0) is 14.4. The van der Waals surface area contributed by atoms with Gasteiger partial charge in [-0.25, -0.2) is 0 Å². The highest BCUT2D eigenvalue weighted by molar-refractivity contribution is 6.07. The van der Waals surface area contributed by atoms with Crippen LogP contribution < -0.4 is 0 Å². The number of ketones is 1. The van der Waals surface area contributed by atoms with Gasteiger partial charge in [-0.15, -0.1) is 0 Å². The van der Waals surface area contributed by atoms with Crippen LogP contribution in [0.15, 0.2) is 24.3 Å². The van der Waals surface area contributed by atoms with Gasteiger partial charge in [0.25, 0.3) is 0 Å². The summed E-state index contributed by atoms with van der Waals surface area (Å²) in [5.74, 6) is 0.263. The third kappa shape index (κ3) is 2.01. The molecule has 2 aromatic rings. The van der Waals surface area contributed by atoms with Gasteiger partial charge in [-0.1, -0.05) is 18.2 Å². The van der Waals surface area contributed by atoms with Gasteiger partial charge in [-0.3, -0.25) is 9.48 Å². The lowest BCUT2D eigenvalue weighted by Gasteiger charge is -2.46. The molecule has 1 saturated heterocycles. The number of rotatable bonds is 2. The lowest BCUT2D eigenvalue weighted by atomic mass is 9.71. The maximum absolute atomic E-state index is 12.9. The van der Waals surface area contributed by atoms with E-state index in [1.807, 2.05) is 31.3 Å². The summed E-state index contributed by atoms with van der Waals surface area (Å²) in [5, 5.41) is 5.45. The quantitative estimate of drug-likeness (QED) is 0.796. The molecule has 0 amide bonds. The molecule has 1 aromatic heterocycles. The number of benzene rings is 1. The number of aryl methyl sites for hydroxylation is 1. The highest BCUT2D eigenvalue weighted by Gasteiger charge is 2.44. The molecule has 1 atom stereocenters. The van der Waals surface area contributed by atoms with Crippen molar-refractivity contribution in [3.8, 4) is 0 Å². The molecule has 0 N–H and O–H groups in total. The molecule has 1 aromatic carbocycles. The Morgan fingerprint density at radius 2 is 2.19 bits per heavy atom. The van der Waals surface area contributed by atoms with E-state index in [0.717, 1.165) is 36.6 Å². The molecule has 1 aliphatic carbocycles. The Kier molecular flexibility index (Phi) is 2.89. The Morgan fingerprint density at radius 3 is 2.95 bits per heavy atom. The van der Waals surface area contributed by atoms with Gasteiger partial charge in [0.2, 0.25) is 0 Å². The largest absolute Gasteiger partial charge is 0.375 e. The van der Waals surface area contributed by atoms with Crippen LogP contribution >= 0.6 is 0 Å². The lowest BCUT2D eigenvalue weighted by Crippen LogP contribution is -2.47. The Labute approximate surface area is 124 Å². The first kappa shape index (κ1) is 13.0. The summed E-state index contributed by atoms with van der Waals surface area (Å²) in [7, 11) is 1.90. The monoisotopic (exact) mass is 284 g/mol. The van der Waals surface area contributed by atoms with Gasteiger partial charge in [0.1, 0.15) is 5.69 Å². The highest BCUT2D eigenvalue weighted by Crippen LogP contribution is 2.45. The van der Waals surface area contributed by atoms with Crippen molar-refractivity contribution in [3.05, 3.63) is 30.0 Å². The third-order valence-corrected chi connectivity index (χ3v) is 5.12. The van der Waals surface area contributed by atoms with Gasteiger partial charge in [-0.05, 0) is 38.2 Å². The van der Waals surface area contributed by atoms with Crippen LogP contribution in [0, 0.1) is 5.92 Å². The maximum atomic E-state index is 12.9. The Hall–Kier alpha value is -1.68. The van der Waals surface area contributed by atoms with Gasteiger partial charge in [0.05, 0.1) is 11.1 Å². The fraction of sp³-hybridized carbons (Fsp3) is 0.529. The summed E-state index contributed by atoms with van der Waals surface area (Å²) < 4.78 is 7.74. The minimum atomic E-state index is 0.00314. The minimum Gasteiger partial charge on any atom is -0.375 e. The van der Waals surface area contributed by atoms with E-state index in [-0.39, 0.29) is 17.3 Å². The van der Waals surface area contributed by atoms with E-state index in [1.165, 1.54) is 6.42 Å². The van der Waals surface area contributed by atoms with Crippen molar-refractivity contribution in [2.24, 2.45) is 13.0 Å². The van der Waals surface area contributed by atoms with Crippen LogP contribution in [0.1, 0.15) is 42.6 Å². The molecular formula is C17H20N2O2. The zero-order valence-corrected chi connectivity index (χ0v) is 12.3. The molecule has 110 valence electrons. The van der Waals surface area contributed by atoms with Crippen LogP contribution in [-0.4, -0.2) is 27.8 Å². The van der Waals surface area contributed by atoms with Crippen LogP contribution in [-0.2, 0) is 11.8 Å². The molecule has 4 nitrogen and oxygen atoms in total. The zero-order valence-electron chi connectivity index (χ0n) is 12.3. The summed E-state index contributed by atoms with van der Waals surface area (Å²) in [4.78, 5) is 12.9. The van der Waals surface area contributed by atoms with Crippen molar-refractivity contribution in [2.45, 2.75) is 37.7 Å². The molecule has 1 unspecified atom stereocenters. The Morgan fingerprint density at radius 1 is 1.38 bits per heavy atom. The molecule has 0 radical (unpaired) electrons. The van der Waals surface area contributed by atoms with Crippen molar-refractivity contribution in [3.63, 3.8) is 0 Å². The van der Waals surface area contributed by atoms with E-state index in [4.69, 9.17) is 4.74 Å². The van der Waals surface area contributed by atoms with Crippen molar-refractivity contribution in [1.29, 1.82) is 0 Å². The fourth-order valence-corrected chi connectivity index (χ4v) is 3.76. The summed E-state index contributed by atoms with van der Waals surface area (Å²) in [6.45, 7) is 0.709. The second kappa shape index (κ2) is 4.67. The SMILES string of the molecule is Cn1nc(C(=O)C2CCOC3(CCC3)C2)c2ccccc21. The number of para-hydroxylation sites is 1. The number of carbonyl (C=O) groups is 1. The Balaban J connectivity index is 1.67. The van der Waals surface area contributed by atoms with Gasteiger partial charge in [0.15, 0.2) is 5.78 Å². The van der Waals surface area contributed by atoms with E-state index in [0.29, 0.717) is 12.3 Å². The molecule has 21 heavy (non-hydrogen) atoms. The molecule has 4 heteroatoms. The van der Waals surface area contributed by atoms with Gasteiger partial charge in [0, 0.05) is 25.0 Å². The molecule has 2 heterocycles. The van der Waals surface area contributed by atoms with E-state index >= 15 is 0 Å². The first-order chi connectivity index (χ1) is 10.2. The van der Waals surface area contributed by atoms with Crippen molar-refractivity contribution in [1.82, 2.24) is 9.78 Å². The number of nitrogens with zero attached hydrogens (tertiary/aromatic N) is 2. The smallest absolute Gasteiger partial charge is 0.186 e. The number of hydrogen-bond acceptors (Lipinski definition) is 3. The summed E-state index contributed by atoms with van der Waals surface area (Å²) in [5.41, 5.74) is 1.66. The first-order valence-corrected chi connectivity index (χ1v) is 7.78. The van der Waals surface area contributed by atoms with E-state index in [9.17, 15) is 4.79 Å². The van der Waals surface area contributed by atoms with Crippen molar-refractivity contribution >= 4 is 16.7 Å². The number of fused-ring (bicyclic) bond motifs is 1. The van der Waals surface area contributed by atoms with Crippen molar-refractivity contribution < 1.29 is 9.53 Å². The molecule has 2 fully saturated rings. The summed E-state index contributed by atoms with van der Waals surface area (Å²) in [6, 6.07) is 7.96. The lowest BCUT2D eigenvalue weighted by molar-refractivity contribution is -0.137. The second-order valence-electron chi connectivity index (χ2n) is 6.43. The van der Waals surface area contributed by atoms with Crippen molar-refractivity contribution in [2.75, 3.05) is 6.61 Å². The van der Waals surface area contributed by atoms with Gasteiger partial charge < -0.3 is 4.74 Å². The van der Waals surface area contributed by atoms with Crippen LogP contribution in [0.5, 0.6) is 0 Å². The number of hydrogen-bond donors (Lipinski definition) is 0. The molecule has 1 saturated carbocycles. The first-order valence-electron chi connectivity index (χ1n) is 7.78. The van der Waals surface area contributed by atoms with Gasteiger partial charge in [-0.2, -0.15) is 5.10 Å².